The lowest BCUT2D eigenvalue weighted by Gasteiger charge is -2.30. The number of aromatic amines is 1. The van der Waals surface area contributed by atoms with Crippen molar-refractivity contribution in [3.8, 4) is 5.75 Å². The average molecular weight is 502 g/mol. The summed E-state index contributed by atoms with van der Waals surface area (Å²) in [4.78, 5) is 33.4. The van der Waals surface area contributed by atoms with Gasteiger partial charge in [-0.1, -0.05) is 36.4 Å². The largest absolute Gasteiger partial charge is 0.497 e. The third-order valence-corrected chi connectivity index (χ3v) is 6.47. The van der Waals surface area contributed by atoms with Crippen LogP contribution in [0.3, 0.4) is 0 Å². The van der Waals surface area contributed by atoms with E-state index in [0.717, 1.165) is 27.8 Å². The summed E-state index contributed by atoms with van der Waals surface area (Å²) in [5.41, 5.74) is 3.36. The summed E-state index contributed by atoms with van der Waals surface area (Å²) in [6.07, 6.45) is 2.64. The van der Waals surface area contributed by atoms with Crippen molar-refractivity contribution in [3.63, 3.8) is 0 Å². The van der Waals surface area contributed by atoms with Crippen LogP contribution in [-0.4, -0.2) is 52.8 Å². The molecule has 37 heavy (non-hydrogen) atoms. The number of ether oxygens (including phenoxy) is 1. The number of halogens is 1. The fourth-order valence-corrected chi connectivity index (χ4v) is 4.36. The van der Waals surface area contributed by atoms with Gasteiger partial charge in [0.1, 0.15) is 18.1 Å². The number of hydrogen-bond donors (Lipinski definition) is 1. The fourth-order valence-electron chi connectivity index (χ4n) is 4.36. The number of fused-ring (bicyclic) bond motifs is 1. The molecule has 0 radical (unpaired) electrons. The van der Waals surface area contributed by atoms with Crippen LogP contribution in [0.4, 0.5) is 4.39 Å². The maximum atomic E-state index is 13.8. The Morgan fingerprint density at radius 3 is 2.46 bits per heavy atom. The van der Waals surface area contributed by atoms with Gasteiger partial charge in [0.15, 0.2) is 0 Å². The van der Waals surface area contributed by atoms with Crippen LogP contribution >= 0.6 is 0 Å². The smallest absolute Gasteiger partial charge is 0.254 e. The topological polar surface area (TPSA) is 65.6 Å². The second kappa shape index (κ2) is 11.7. The minimum Gasteiger partial charge on any atom is -0.497 e. The molecular formula is C30H32FN3O3. The quantitative estimate of drug-likeness (QED) is 0.315. The van der Waals surface area contributed by atoms with Crippen LogP contribution in [0.25, 0.3) is 10.9 Å². The van der Waals surface area contributed by atoms with Gasteiger partial charge in [0.2, 0.25) is 5.91 Å². The Hall–Kier alpha value is -4.13. The van der Waals surface area contributed by atoms with E-state index in [4.69, 9.17) is 4.74 Å². The van der Waals surface area contributed by atoms with Crippen LogP contribution in [0.2, 0.25) is 0 Å². The van der Waals surface area contributed by atoms with Gasteiger partial charge in [-0.05, 0) is 67.8 Å². The molecule has 7 heteroatoms. The van der Waals surface area contributed by atoms with Crippen molar-refractivity contribution in [2.75, 3.05) is 20.2 Å². The van der Waals surface area contributed by atoms with Gasteiger partial charge in [-0.25, -0.2) is 4.39 Å². The minimum atomic E-state index is -0.485. The molecule has 0 saturated carbocycles. The first kappa shape index (κ1) is 25.9. The second-order valence-electron chi connectivity index (χ2n) is 9.31. The number of H-pyrrole nitrogens is 1. The van der Waals surface area contributed by atoms with E-state index < -0.39 is 5.82 Å². The molecule has 1 N–H and O–H groups in total. The standard InChI is InChI=1S/C30H32FN3O3/c1-21(2)34(30(36)23-7-6-8-25(31)17-23)20-29(35)33(19-22-11-13-26(37-3)14-12-22)16-15-24-18-32-28-10-5-4-9-27(24)28/h4-14,17-18,21,32H,15-16,19-20H2,1-3H3. The third-order valence-electron chi connectivity index (χ3n) is 6.47. The third kappa shape index (κ3) is 6.36. The molecule has 0 aliphatic carbocycles. The molecule has 0 atom stereocenters. The second-order valence-corrected chi connectivity index (χ2v) is 9.31. The van der Waals surface area contributed by atoms with Crippen molar-refractivity contribution in [2.45, 2.75) is 32.9 Å². The van der Waals surface area contributed by atoms with Crippen LogP contribution in [0.5, 0.6) is 5.75 Å². The molecule has 0 fully saturated rings. The highest BCUT2D eigenvalue weighted by atomic mass is 19.1. The van der Waals surface area contributed by atoms with E-state index >= 15 is 0 Å². The van der Waals surface area contributed by atoms with Crippen molar-refractivity contribution < 1.29 is 18.7 Å². The molecule has 4 rings (SSSR count). The van der Waals surface area contributed by atoms with Gasteiger partial charge in [0.05, 0.1) is 7.11 Å². The lowest BCUT2D eigenvalue weighted by atomic mass is 10.1. The number of carbonyl (C=O) groups excluding carboxylic acids is 2. The number of aromatic nitrogens is 1. The van der Waals surface area contributed by atoms with E-state index in [2.05, 4.69) is 11.1 Å². The Kier molecular flexibility index (Phi) is 8.23. The summed E-state index contributed by atoms with van der Waals surface area (Å²) in [5, 5.41) is 1.13. The Morgan fingerprint density at radius 2 is 1.76 bits per heavy atom. The Bertz CT molecular complexity index is 1360. The van der Waals surface area contributed by atoms with Crippen molar-refractivity contribution in [1.29, 1.82) is 0 Å². The molecule has 0 unspecified atom stereocenters. The van der Waals surface area contributed by atoms with Crippen molar-refractivity contribution >= 4 is 22.7 Å². The zero-order valence-electron chi connectivity index (χ0n) is 21.4. The fraction of sp³-hybridized carbons (Fsp3) is 0.267. The van der Waals surface area contributed by atoms with E-state index in [1.807, 2.05) is 62.5 Å². The van der Waals surface area contributed by atoms with Crippen molar-refractivity contribution in [1.82, 2.24) is 14.8 Å². The first-order valence-electron chi connectivity index (χ1n) is 12.4. The molecule has 3 aromatic carbocycles. The van der Waals surface area contributed by atoms with Crippen LogP contribution in [0.15, 0.2) is 79.0 Å². The number of rotatable bonds is 10. The number of nitrogens with one attached hydrogen (secondary N) is 1. The Labute approximate surface area is 216 Å². The summed E-state index contributed by atoms with van der Waals surface area (Å²) >= 11 is 0. The maximum absolute atomic E-state index is 13.8. The number of para-hydroxylation sites is 1. The normalized spacial score (nSPS) is 11.1. The van der Waals surface area contributed by atoms with E-state index in [-0.39, 0.29) is 30.0 Å². The predicted molar refractivity (Wildman–Crippen MR) is 143 cm³/mol. The Balaban J connectivity index is 1.55. The molecule has 6 nitrogen and oxygen atoms in total. The van der Waals surface area contributed by atoms with Crippen LogP contribution in [0.1, 0.15) is 35.3 Å². The summed E-state index contributed by atoms with van der Waals surface area (Å²) in [7, 11) is 1.61. The van der Waals surface area contributed by atoms with Gasteiger partial charge in [-0.2, -0.15) is 0 Å². The highest BCUT2D eigenvalue weighted by Crippen LogP contribution is 2.20. The number of nitrogens with zero attached hydrogens (tertiary/aromatic N) is 2. The van der Waals surface area contributed by atoms with E-state index in [1.54, 1.807) is 18.1 Å². The number of benzene rings is 3. The molecule has 0 saturated heterocycles. The van der Waals surface area contributed by atoms with Gasteiger partial charge in [0, 0.05) is 41.8 Å². The molecule has 2 amide bonds. The molecule has 0 aliphatic rings. The monoisotopic (exact) mass is 501 g/mol. The molecule has 1 aromatic heterocycles. The molecular weight excluding hydrogens is 469 g/mol. The van der Waals surface area contributed by atoms with Gasteiger partial charge in [-0.15, -0.1) is 0 Å². The summed E-state index contributed by atoms with van der Waals surface area (Å²) in [5.74, 6) is -0.286. The lowest BCUT2D eigenvalue weighted by Crippen LogP contribution is -2.46. The van der Waals surface area contributed by atoms with E-state index in [9.17, 15) is 14.0 Å². The molecule has 0 bridgehead atoms. The van der Waals surface area contributed by atoms with E-state index in [0.29, 0.717) is 19.5 Å². The zero-order valence-corrected chi connectivity index (χ0v) is 21.4. The SMILES string of the molecule is COc1ccc(CN(CCc2c[nH]c3ccccc23)C(=O)CN(C(=O)c2cccc(F)c2)C(C)C)cc1. The predicted octanol–water partition coefficient (Wildman–Crippen LogP) is 5.44. The average Bonchev–Trinajstić information content (AvgIpc) is 3.32. The molecule has 4 aromatic rings. The summed E-state index contributed by atoms with van der Waals surface area (Å²) < 4.78 is 19.0. The van der Waals surface area contributed by atoms with Gasteiger partial charge in [-0.3, -0.25) is 9.59 Å². The van der Waals surface area contributed by atoms with E-state index in [1.165, 1.54) is 23.1 Å². The van der Waals surface area contributed by atoms with Gasteiger partial charge >= 0.3 is 0 Å². The first-order chi connectivity index (χ1) is 17.9. The molecule has 192 valence electrons. The number of methoxy groups -OCH3 is 1. The van der Waals surface area contributed by atoms with Crippen LogP contribution in [0, 0.1) is 5.82 Å². The first-order valence-corrected chi connectivity index (χ1v) is 12.4. The molecule has 0 aliphatic heterocycles. The minimum absolute atomic E-state index is 0.100. The van der Waals surface area contributed by atoms with Crippen molar-refractivity contribution in [2.24, 2.45) is 0 Å². The highest BCUT2D eigenvalue weighted by Gasteiger charge is 2.25. The highest BCUT2D eigenvalue weighted by molar-refractivity contribution is 5.96. The number of amides is 2. The zero-order chi connectivity index (χ0) is 26.4. The lowest BCUT2D eigenvalue weighted by molar-refractivity contribution is -0.132. The molecule has 0 spiro atoms. The van der Waals surface area contributed by atoms with Crippen molar-refractivity contribution in [3.05, 3.63) is 102 Å². The maximum Gasteiger partial charge on any atom is 0.254 e. The Morgan fingerprint density at radius 1 is 1.00 bits per heavy atom. The van der Waals surface area contributed by atoms with Gasteiger partial charge < -0.3 is 19.5 Å². The summed E-state index contributed by atoms with van der Waals surface area (Å²) in [6.45, 7) is 4.48. The van der Waals surface area contributed by atoms with Crippen LogP contribution in [-0.2, 0) is 17.8 Å². The number of hydrogen-bond acceptors (Lipinski definition) is 3. The number of carbonyl (C=O) groups is 2. The molecule has 1 heterocycles. The van der Waals surface area contributed by atoms with Gasteiger partial charge in [0.25, 0.3) is 5.91 Å². The summed E-state index contributed by atoms with van der Waals surface area (Å²) in [6, 6.07) is 21.0. The van der Waals surface area contributed by atoms with Crippen LogP contribution < -0.4 is 4.74 Å².